The van der Waals surface area contributed by atoms with Gasteiger partial charge in [-0.25, -0.2) is 4.79 Å². The fourth-order valence-corrected chi connectivity index (χ4v) is 6.32. The molecule has 1 saturated heterocycles. The van der Waals surface area contributed by atoms with Crippen LogP contribution >= 0.6 is 0 Å². The molecule has 4 amide bonds. The van der Waals surface area contributed by atoms with Gasteiger partial charge in [0.15, 0.2) is 0 Å². The van der Waals surface area contributed by atoms with Gasteiger partial charge < -0.3 is 25.6 Å². The van der Waals surface area contributed by atoms with Crippen LogP contribution in [0, 0.1) is 23.2 Å². The number of fused-ring (bicyclic) bond motifs is 1. The van der Waals surface area contributed by atoms with E-state index in [-0.39, 0.29) is 41.7 Å². The van der Waals surface area contributed by atoms with E-state index in [0.717, 1.165) is 25.7 Å². The first-order valence-corrected chi connectivity index (χ1v) is 14.5. The van der Waals surface area contributed by atoms with E-state index in [2.05, 4.69) is 36.4 Å². The number of carbonyl (C=O) groups is 5. The summed E-state index contributed by atoms with van der Waals surface area (Å²) in [5, 5.41) is 8.10. The van der Waals surface area contributed by atoms with E-state index >= 15 is 0 Å². The van der Waals surface area contributed by atoms with Crippen LogP contribution in [-0.2, 0) is 23.9 Å². The summed E-state index contributed by atoms with van der Waals surface area (Å²) in [6.07, 6.45) is 5.71. The molecule has 2 aliphatic carbocycles. The number of carbonyl (C=O) groups excluding carboxylic acids is 5. The van der Waals surface area contributed by atoms with Crippen molar-refractivity contribution in [3.05, 3.63) is 12.7 Å². The average Bonchev–Trinajstić information content (AvgIpc) is 3.36. The molecule has 0 aromatic heterocycles. The van der Waals surface area contributed by atoms with Crippen LogP contribution in [0.15, 0.2) is 12.7 Å². The topological polar surface area (TPSA) is 134 Å². The van der Waals surface area contributed by atoms with Gasteiger partial charge in [-0.05, 0) is 55.8 Å². The molecule has 10 heteroatoms. The normalized spacial score (nSPS) is 25.6. The van der Waals surface area contributed by atoms with E-state index in [1.807, 2.05) is 13.8 Å². The van der Waals surface area contributed by atoms with Crippen molar-refractivity contribution in [2.45, 2.75) is 104 Å². The molecule has 3 fully saturated rings. The Labute approximate surface area is 232 Å². The lowest BCUT2D eigenvalue weighted by Crippen LogP contribution is -2.59. The van der Waals surface area contributed by atoms with Crippen LogP contribution in [-0.4, -0.2) is 71.8 Å². The number of likely N-dealkylation sites (tertiary alicyclic amines) is 1. The molecule has 0 spiro atoms. The van der Waals surface area contributed by atoms with Crippen LogP contribution in [0.1, 0.15) is 79.6 Å². The van der Waals surface area contributed by atoms with Gasteiger partial charge in [0.1, 0.15) is 18.2 Å². The number of nitrogens with zero attached hydrogens (tertiary/aromatic N) is 1. The van der Waals surface area contributed by atoms with Gasteiger partial charge >= 0.3 is 6.09 Å². The van der Waals surface area contributed by atoms with Crippen molar-refractivity contribution in [1.82, 2.24) is 20.9 Å². The maximum absolute atomic E-state index is 14.0. The van der Waals surface area contributed by atoms with E-state index < -0.39 is 41.8 Å². The molecular formula is C29H46N4O6. The summed E-state index contributed by atoms with van der Waals surface area (Å²) in [6, 6.07) is -2.55. The third kappa shape index (κ3) is 6.81. The van der Waals surface area contributed by atoms with Gasteiger partial charge in [0.2, 0.25) is 17.6 Å². The van der Waals surface area contributed by atoms with Crippen LogP contribution in [0.4, 0.5) is 4.79 Å². The van der Waals surface area contributed by atoms with E-state index in [4.69, 9.17) is 4.74 Å². The number of alkyl carbamates (subject to hydrolysis) is 1. The van der Waals surface area contributed by atoms with Crippen LogP contribution < -0.4 is 16.0 Å². The molecule has 1 aliphatic heterocycles. The number of piperidine rings is 1. The van der Waals surface area contributed by atoms with E-state index in [9.17, 15) is 24.0 Å². The molecule has 3 aliphatic rings. The van der Waals surface area contributed by atoms with Crippen LogP contribution in [0.3, 0.4) is 0 Å². The monoisotopic (exact) mass is 546 g/mol. The first-order valence-electron chi connectivity index (χ1n) is 14.5. The molecule has 0 aromatic carbocycles. The van der Waals surface area contributed by atoms with Gasteiger partial charge in [-0.3, -0.25) is 19.2 Å². The van der Waals surface area contributed by atoms with Crippen molar-refractivity contribution in [3.63, 3.8) is 0 Å². The first kappa shape index (κ1) is 30.6. The zero-order valence-electron chi connectivity index (χ0n) is 24.1. The van der Waals surface area contributed by atoms with E-state index in [1.54, 1.807) is 11.8 Å². The summed E-state index contributed by atoms with van der Waals surface area (Å²) in [7, 11) is 0. The first-order chi connectivity index (χ1) is 18.5. The smallest absolute Gasteiger partial charge is 0.408 e. The van der Waals surface area contributed by atoms with Gasteiger partial charge in [0.05, 0.1) is 6.04 Å². The van der Waals surface area contributed by atoms with Gasteiger partial charge in [-0.1, -0.05) is 53.0 Å². The summed E-state index contributed by atoms with van der Waals surface area (Å²) >= 11 is 0. The molecule has 0 aromatic rings. The second kappa shape index (κ2) is 13.0. The summed E-state index contributed by atoms with van der Waals surface area (Å²) in [4.78, 5) is 67.2. The minimum Gasteiger partial charge on any atom is -0.447 e. The number of hydrogen-bond acceptors (Lipinski definition) is 6. The fraction of sp³-hybridized carbons (Fsp3) is 0.759. The Morgan fingerprint density at radius 2 is 1.77 bits per heavy atom. The van der Waals surface area contributed by atoms with Crippen molar-refractivity contribution in [1.29, 1.82) is 0 Å². The van der Waals surface area contributed by atoms with E-state index in [1.165, 1.54) is 6.08 Å². The lowest BCUT2D eigenvalue weighted by Gasteiger charge is -2.35. The number of amides is 4. The minimum atomic E-state index is -0.987. The Morgan fingerprint density at radius 1 is 1.10 bits per heavy atom. The molecular weight excluding hydrogens is 500 g/mol. The highest BCUT2D eigenvalue weighted by Crippen LogP contribution is 2.65. The molecule has 6 unspecified atom stereocenters. The van der Waals surface area contributed by atoms with Gasteiger partial charge in [0, 0.05) is 13.1 Å². The average molecular weight is 547 g/mol. The molecule has 2 saturated carbocycles. The number of ether oxygens (including phenoxy) is 1. The molecule has 6 atom stereocenters. The minimum absolute atomic E-state index is 0.0291. The predicted octanol–water partition coefficient (Wildman–Crippen LogP) is 2.71. The Hall–Kier alpha value is -2.91. The van der Waals surface area contributed by atoms with Crippen LogP contribution in [0.2, 0.25) is 0 Å². The van der Waals surface area contributed by atoms with Crippen molar-refractivity contribution in [3.8, 4) is 0 Å². The van der Waals surface area contributed by atoms with Crippen molar-refractivity contribution in [2.75, 3.05) is 13.1 Å². The maximum atomic E-state index is 14.0. The lowest BCUT2D eigenvalue weighted by molar-refractivity contribution is -0.144. The quantitative estimate of drug-likeness (QED) is 0.240. The molecule has 3 rings (SSSR count). The van der Waals surface area contributed by atoms with Crippen LogP contribution in [0.5, 0.6) is 0 Å². The molecule has 1 heterocycles. The largest absolute Gasteiger partial charge is 0.447 e. The zero-order chi connectivity index (χ0) is 28.9. The van der Waals surface area contributed by atoms with Crippen molar-refractivity contribution < 1.29 is 28.7 Å². The Morgan fingerprint density at radius 3 is 2.36 bits per heavy atom. The SMILES string of the molecule is C=CCNC(=O)C(=O)C(CCC)NC(=O)C1C2C(CN1C(=O)C(NC(=O)OC(C)CC)C1CCCC1)C2(C)C. The number of rotatable bonds is 13. The standard InChI is InChI=1S/C29H46N4O6/c1-7-12-20(24(34)26(36)30-15-8-2)31-25(35)23-21-19(29(21,5)6)16-33(23)27(37)22(18-13-10-11-14-18)32-28(38)39-17(4)9-3/h8,17-23H,2,7,9-16H2,1,3-6H3,(H,30,36)(H,31,35)(H,32,38). The summed E-state index contributed by atoms with van der Waals surface area (Å²) in [5.41, 5.74) is -0.129. The number of hydrogen-bond donors (Lipinski definition) is 3. The second-order valence-electron chi connectivity index (χ2n) is 11.9. The van der Waals surface area contributed by atoms with Crippen molar-refractivity contribution in [2.24, 2.45) is 23.2 Å². The maximum Gasteiger partial charge on any atom is 0.408 e. The highest BCUT2D eigenvalue weighted by Gasteiger charge is 2.69. The van der Waals surface area contributed by atoms with E-state index in [0.29, 0.717) is 25.8 Å². The Bertz CT molecular complexity index is 959. The Balaban J connectivity index is 1.81. The zero-order valence-corrected chi connectivity index (χ0v) is 24.1. The Kier molecular flexibility index (Phi) is 10.2. The van der Waals surface area contributed by atoms with Crippen LogP contribution in [0.25, 0.3) is 0 Å². The third-order valence-electron chi connectivity index (χ3n) is 8.90. The third-order valence-corrected chi connectivity index (χ3v) is 8.90. The molecule has 218 valence electrons. The second-order valence-corrected chi connectivity index (χ2v) is 11.9. The summed E-state index contributed by atoms with van der Waals surface area (Å²) < 4.78 is 5.41. The number of Topliss-reactive ketones (excluding diaryl/α,β-unsaturated/α-hetero) is 1. The predicted molar refractivity (Wildman–Crippen MR) is 146 cm³/mol. The lowest BCUT2D eigenvalue weighted by atomic mass is 9.94. The molecule has 3 N–H and O–H groups in total. The van der Waals surface area contributed by atoms with Gasteiger partial charge in [0.25, 0.3) is 5.91 Å². The number of nitrogens with one attached hydrogen (secondary N) is 3. The molecule has 0 bridgehead atoms. The van der Waals surface area contributed by atoms with Gasteiger partial charge in [-0.15, -0.1) is 6.58 Å². The highest BCUT2D eigenvalue weighted by molar-refractivity contribution is 6.38. The summed E-state index contributed by atoms with van der Waals surface area (Å²) in [6.45, 7) is 13.8. The number of ketones is 1. The van der Waals surface area contributed by atoms with Gasteiger partial charge in [-0.2, -0.15) is 0 Å². The molecule has 39 heavy (non-hydrogen) atoms. The fourth-order valence-electron chi connectivity index (χ4n) is 6.32. The highest BCUT2D eigenvalue weighted by atomic mass is 16.6. The summed E-state index contributed by atoms with van der Waals surface area (Å²) in [5.74, 6) is -2.16. The molecule has 0 radical (unpaired) electrons. The van der Waals surface area contributed by atoms with Crippen molar-refractivity contribution >= 4 is 29.6 Å². The molecule has 10 nitrogen and oxygen atoms in total.